The molecule has 0 aromatic carbocycles. The summed E-state index contributed by atoms with van der Waals surface area (Å²) in [4.78, 5) is 16.8. The number of carbonyl (C=O) groups excluding carboxylic acids is 1. The van der Waals surface area contributed by atoms with E-state index >= 15 is 0 Å². The van der Waals surface area contributed by atoms with Crippen LogP contribution in [0.4, 0.5) is 13.2 Å². The van der Waals surface area contributed by atoms with Gasteiger partial charge in [0.15, 0.2) is 5.96 Å². The van der Waals surface area contributed by atoms with Crippen molar-refractivity contribution < 1.29 is 18.0 Å². The molecule has 110 valence electrons. The Kier molecular flexibility index (Phi) is 5.91. The summed E-state index contributed by atoms with van der Waals surface area (Å²) in [6, 6.07) is 0. The Hall–Kier alpha value is -1.47. The van der Waals surface area contributed by atoms with Gasteiger partial charge in [0.05, 0.1) is 0 Å². The Morgan fingerprint density at radius 3 is 2.32 bits per heavy atom. The van der Waals surface area contributed by atoms with Crippen molar-refractivity contribution in [3.05, 3.63) is 0 Å². The number of nitrogens with two attached hydrogens (primary N) is 1. The molecule has 1 fully saturated rings. The molecule has 1 amide bonds. The van der Waals surface area contributed by atoms with E-state index in [-0.39, 0.29) is 12.5 Å². The first kappa shape index (κ1) is 15.6. The lowest BCUT2D eigenvalue weighted by Gasteiger charge is -2.20. The minimum absolute atomic E-state index is 0.226. The normalized spacial score (nSPS) is 18.1. The highest BCUT2D eigenvalue weighted by atomic mass is 19.4. The van der Waals surface area contributed by atoms with Crippen LogP contribution >= 0.6 is 0 Å². The zero-order chi connectivity index (χ0) is 14.3. The lowest BCUT2D eigenvalue weighted by molar-refractivity contribution is -0.137. The summed E-state index contributed by atoms with van der Waals surface area (Å²) >= 11 is 0. The van der Waals surface area contributed by atoms with Crippen molar-refractivity contribution in [2.45, 2.75) is 31.9 Å². The molecule has 1 rings (SSSR count). The number of nitrogens with zero attached hydrogens (tertiary/aromatic N) is 2. The molecule has 0 radical (unpaired) electrons. The van der Waals surface area contributed by atoms with Crippen molar-refractivity contribution in [2.24, 2.45) is 10.7 Å². The molecular weight excluding hydrogens is 261 g/mol. The van der Waals surface area contributed by atoms with Crippen molar-refractivity contribution in [3.8, 4) is 0 Å². The molecule has 19 heavy (non-hydrogen) atoms. The molecule has 1 heterocycles. The van der Waals surface area contributed by atoms with Gasteiger partial charge in [-0.15, -0.1) is 0 Å². The van der Waals surface area contributed by atoms with Gasteiger partial charge in [-0.05, 0) is 12.8 Å². The van der Waals surface area contributed by atoms with Crippen LogP contribution in [0.1, 0.15) is 25.7 Å². The van der Waals surface area contributed by atoms with Crippen LogP contribution in [0, 0.1) is 0 Å². The van der Waals surface area contributed by atoms with E-state index in [1.807, 2.05) is 4.90 Å². The largest absolute Gasteiger partial charge is 0.405 e. The minimum atomic E-state index is -4.41. The van der Waals surface area contributed by atoms with E-state index in [1.54, 1.807) is 5.32 Å². The Labute approximate surface area is 110 Å². The van der Waals surface area contributed by atoms with Crippen LogP contribution in [-0.2, 0) is 4.79 Å². The zero-order valence-corrected chi connectivity index (χ0v) is 10.7. The van der Waals surface area contributed by atoms with Crippen LogP contribution in [0.2, 0.25) is 0 Å². The second kappa shape index (κ2) is 7.20. The maximum absolute atomic E-state index is 11.9. The Morgan fingerprint density at radius 2 is 1.79 bits per heavy atom. The molecule has 1 aliphatic rings. The highest BCUT2D eigenvalue weighted by Gasteiger charge is 2.27. The fraction of sp³-hybridized carbons (Fsp3) is 0.818. The molecule has 0 atom stereocenters. The van der Waals surface area contributed by atoms with E-state index in [9.17, 15) is 18.0 Å². The standard InChI is InChI=1S/C11H19F3N4O/c12-11(13,14)8-17-9(19)7-16-10(15)18-5-3-1-2-4-6-18/h1-8H2,(H2,15,16)(H,17,19). The van der Waals surface area contributed by atoms with Crippen molar-refractivity contribution in [1.29, 1.82) is 0 Å². The molecule has 3 N–H and O–H groups in total. The van der Waals surface area contributed by atoms with Crippen LogP contribution in [-0.4, -0.2) is 49.1 Å². The number of hydrogen-bond acceptors (Lipinski definition) is 2. The molecule has 0 aliphatic carbocycles. The fourth-order valence-corrected chi connectivity index (χ4v) is 1.81. The highest BCUT2D eigenvalue weighted by Crippen LogP contribution is 2.12. The van der Waals surface area contributed by atoms with Crippen LogP contribution in [0.15, 0.2) is 4.99 Å². The zero-order valence-electron chi connectivity index (χ0n) is 10.7. The van der Waals surface area contributed by atoms with Gasteiger partial charge in [-0.2, -0.15) is 13.2 Å². The van der Waals surface area contributed by atoms with Gasteiger partial charge in [0.2, 0.25) is 5.91 Å². The molecule has 1 aliphatic heterocycles. The average molecular weight is 280 g/mol. The second-order valence-corrected chi connectivity index (χ2v) is 4.47. The summed E-state index contributed by atoms with van der Waals surface area (Å²) < 4.78 is 35.6. The second-order valence-electron chi connectivity index (χ2n) is 4.47. The first-order valence-electron chi connectivity index (χ1n) is 6.27. The van der Waals surface area contributed by atoms with Crippen LogP contribution in [0.25, 0.3) is 0 Å². The monoisotopic (exact) mass is 280 g/mol. The van der Waals surface area contributed by atoms with Gasteiger partial charge >= 0.3 is 6.18 Å². The lowest BCUT2D eigenvalue weighted by atomic mass is 10.2. The van der Waals surface area contributed by atoms with Crippen molar-refractivity contribution in [3.63, 3.8) is 0 Å². The molecule has 0 aromatic rings. The van der Waals surface area contributed by atoms with E-state index in [1.165, 1.54) is 0 Å². The number of alkyl halides is 3. The molecule has 5 nitrogen and oxygen atoms in total. The van der Waals surface area contributed by atoms with Gasteiger partial charge in [0, 0.05) is 13.1 Å². The van der Waals surface area contributed by atoms with E-state index in [0.717, 1.165) is 38.8 Å². The number of carbonyl (C=O) groups is 1. The molecule has 8 heteroatoms. The van der Waals surface area contributed by atoms with Crippen LogP contribution in [0.3, 0.4) is 0 Å². The van der Waals surface area contributed by atoms with E-state index < -0.39 is 18.6 Å². The third-order valence-corrected chi connectivity index (χ3v) is 2.80. The molecular formula is C11H19F3N4O. The predicted molar refractivity (Wildman–Crippen MR) is 65.6 cm³/mol. The Morgan fingerprint density at radius 1 is 1.21 bits per heavy atom. The summed E-state index contributed by atoms with van der Waals surface area (Å²) in [5, 5.41) is 1.75. The molecule has 1 saturated heterocycles. The average Bonchev–Trinajstić information content (AvgIpc) is 2.61. The van der Waals surface area contributed by atoms with Crippen molar-refractivity contribution >= 4 is 11.9 Å². The molecule has 0 unspecified atom stereocenters. The topological polar surface area (TPSA) is 70.7 Å². The van der Waals surface area contributed by atoms with Crippen molar-refractivity contribution in [2.75, 3.05) is 26.2 Å². The van der Waals surface area contributed by atoms with Crippen LogP contribution < -0.4 is 11.1 Å². The number of halogens is 3. The molecule has 0 saturated carbocycles. The summed E-state index contributed by atoms with van der Waals surface area (Å²) in [5.41, 5.74) is 5.72. The van der Waals surface area contributed by atoms with Crippen molar-refractivity contribution in [1.82, 2.24) is 10.2 Å². The van der Waals surface area contributed by atoms with Gasteiger partial charge in [-0.1, -0.05) is 12.8 Å². The van der Waals surface area contributed by atoms with E-state index in [2.05, 4.69) is 4.99 Å². The number of rotatable bonds is 3. The number of likely N-dealkylation sites (tertiary alicyclic amines) is 1. The summed E-state index contributed by atoms with van der Waals surface area (Å²) in [6.45, 7) is -0.164. The third kappa shape index (κ3) is 6.88. The quantitative estimate of drug-likeness (QED) is 0.595. The molecule has 0 spiro atoms. The summed E-state index contributed by atoms with van der Waals surface area (Å²) in [6.07, 6.45) is -0.117. The third-order valence-electron chi connectivity index (χ3n) is 2.80. The number of amides is 1. The Balaban J connectivity index is 2.35. The number of nitrogens with one attached hydrogen (secondary N) is 1. The predicted octanol–water partition coefficient (Wildman–Crippen LogP) is 0.856. The highest BCUT2D eigenvalue weighted by molar-refractivity contribution is 5.84. The first-order chi connectivity index (χ1) is 8.88. The number of hydrogen-bond donors (Lipinski definition) is 2. The molecule has 0 bridgehead atoms. The summed E-state index contributed by atoms with van der Waals surface area (Å²) in [5.74, 6) is -0.556. The maximum Gasteiger partial charge on any atom is 0.405 e. The van der Waals surface area contributed by atoms with E-state index in [4.69, 9.17) is 5.73 Å². The fourth-order valence-electron chi connectivity index (χ4n) is 1.81. The van der Waals surface area contributed by atoms with Gasteiger partial charge in [0.25, 0.3) is 0 Å². The van der Waals surface area contributed by atoms with Gasteiger partial charge < -0.3 is 16.0 Å². The minimum Gasteiger partial charge on any atom is -0.370 e. The summed E-state index contributed by atoms with van der Waals surface area (Å²) in [7, 11) is 0. The molecule has 0 aromatic heterocycles. The Bertz CT molecular complexity index is 322. The van der Waals surface area contributed by atoms with Gasteiger partial charge in [0.1, 0.15) is 13.1 Å². The van der Waals surface area contributed by atoms with E-state index in [0.29, 0.717) is 0 Å². The number of aliphatic imine (C=N–C) groups is 1. The maximum atomic E-state index is 11.9. The smallest absolute Gasteiger partial charge is 0.370 e. The number of guanidine groups is 1. The SMILES string of the molecule is NC(=NCC(=O)NCC(F)(F)F)N1CCCCCC1. The van der Waals surface area contributed by atoms with Gasteiger partial charge in [-0.3, -0.25) is 4.79 Å². The first-order valence-corrected chi connectivity index (χ1v) is 6.27. The lowest BCUT2D eigenvalue weighted by Crippen LogP contribution is -2.40. The van der Waals surface area contributed by atoms with Crippen LogP contribution in [0.5, 0.6) is 0 Å². The van der Waals surface area contributed by atoms with Gasteiger partial charge in [-0.25, -0.2) is 4.99 Å².